The molecule has 0 aliphatic carbocycles. The Morgan fingerprint density at radius 2 is 1.78 bits per heavy atom. The molecule has 0 radical (unpaired) electrons. The highest BCUT2D eigenvalue weighted by Crippen LogP contribution is 2.36. The summed E-state index contributed by atoms with van der Waals surface area (Å²) in [6.45, 7) is 5.57. The molecule has 2 aromatic rings. The van der Waals surface area contributed by atoms with Gasteiger partial charge in [0, 0.05) is 23.5 Å². The molecule has 6 heteroatoms. The van der Waals surface area contributed by atoms with Gasteiger partial charge < -0.3 is 10.6 Å². The van der Waals surface area contributed by atoms with Crippen LogP contribution in [0.2, 0.25) is 0 Å². The molecule has 0 unspecified atom stereocenters. The number of hydrogen-bond donors (Lipinski definition) is 1. The van der Waals surface area contributed by atoms with Crippen molar-refractivity contribution in [3.8, 4) is 12.1 Å². The number of nitrogens with zero attached hydrogens (tertiary/aromatic N) is 4. The summed E-state index contributed by atoms with van der Waals surface area (Å²) in [6, 6.07) is 14.5. The molecule has 0 bridgehead atoms. The van der Waals surface area contributed by atoms with Crippen LogP contribution in [0.15, 0.2) is 40.3 Å². The van der Waals surface area contributed by atoms with Gasteiger partial charge in [0.25, 0.3) is 0 Å². The van der Waals surface area contributed by atoms with Gasteiger partial charge in [0.15, 0.2) is 0 Å². The van der Waals surface area contributed by atoms with Gasteiger partial charge in [-0.15, -0.1) is 0 Å². The van der Waals surface area contributed by atoms with Crippen molar-refractivity contribution in [2.45, 2.75) is 48.6 Å². The first-order valence-electron chi connectivity index (χ1n) is 9.13. The molecule has 1 fully saturated rings. The minimum absolute atomic E-state index is 0.175. The zero-order chi connectivity index (χ0) is 19.4. The van der Waals surface area contributed by atoms with E-state index in [0.717, 1.165) is 36.4 Å². The Bertz CT molecular complexity index is 899. The van der Waals surface area contributed by atoms with Crippen LogP contribution < -0.4 is 10.6 Å². The van der Waals surface area contributed by atoms with E-state index >= 15 is 0 Å². The smallest absolute Gasteiger partial charge is 0.148 e. The average Bonchev–Trinajstić information content (AvgIpc) is 2.67. The summed E-state index contributed by atoms with van der Waals surface area (Å²) >= 11 is 1.47. The third kappa shape index (κ3) is 4.08. The van der Waals surface area contributed by atoms with E-state index in [1.807, 2.05) is 37.3 Å². The highest BCUT2D eigenvalue weighted by Gasteiger charge is 2.29. The van der Waals surface area contributed by atoms with Gasteiger partial charge in [-0.05, 0) is 43.9 Å². The lowest BCUT2D eigenvalue weighted by molar-refractivity contribution is 0.362. The molecule has 2 heterocycles. The normalized spacial score (nSPS) is 15.8. The van der Waals surface area contributed by atoms with Crippen LogP contribution in [0.5, 0.6) is 0 Å². The Labute approximate surface area is 164 Å². The Kier molecular flexibility index (Phi) is 5.70. The molecule has 3 rings (SSSR count). The first-order chi connectivity index (χ1) is 13.0. The van der Waals surface area contributed by atoms with Crippen LogP contribution in [0.1, 0.15) is 43.4 Å². The third-order valence-electron chi connectivity index (χ3n) is 4.99. The molecular formula is C21H23N5S. The lowest BCUT2D eigenvalue weighted by Gasteiger charge is -2.38. The summed E-state index contributed by atoms with van der Waals surface area (Å²) in [5.74, 6) is 0.683. The van der Waals surface area contributed by atoms with Crippen molar-refractivity contribution < 1.29 is 0 Å². The van der Waals surface area contributed by atoms with E-state index in [1.54, 1.807) is 0 Å². The number of pyridine rings is 1. The molecule has 1 aromatic carbocycles. The second-order valence-electron chi connectivity index (χ2n) is 7.10. The number of benzene rings is 1. The van der Waals surface area contributed by atoms with E-state index in [0.29, 0.717) is 28.4 Å². The molecule has 0 spiro atoms. The third-order valence-corrected chi connectivity index (χ3v) is 5.99. The van der Waals surface area contributed by atoms with Crippen molar-refractivity contribution in [3.05, 3.63) is 47.0 Å². The van der Waals surface area contributed by atoms with Gasteiger partial charge in [0.05, 0.1) is 11.1 Å². The summed E-state index contributed by atoms with van der Waals surface area (Å²) in [5, 5.41) is 20.2. The molecule has 1 aromatic heterocycles. The number of nitriles is 2. The number of anilines is 1. The van der Waals surface area contributed by atoms with Gasteiger partial charge in [0.1, 0.15) is 23.0 Å². The van der Waals surface area contributed by atoms with Crippen LogP contribution in [0, 0.1) is 22.7 Å². The predicted molar refractivity (Wildman–Crippen MR) is 108 cm³/mol. The fourth-order valence-electron chi connectivity index (χ4n) is 3.32. The topological polar surface area (TPSA) is 89.7 Å². The summed E-state index contributed by atoms with van der Waals surface area (Å²) in [7, 11) is 0. The zero-order valence-electron chi connectivity index (χ0n) is 15.7. The summed E-state index contributed by atoms with van der Waals surface area (Å²) in [4.78, 5) is 7.95. The quantitative estimate of drug-likeness (QED) is 0.870. The standard InChI is InChI=1S/C21H23N5S/c1-3-16-17(13-22)19(26-11-9-21(2,24)10-12-26)25-20(18(16)14-23)27-15-7-5-4-6-8-15/h4-8H,3,9-12,24H2,1-2H3. The van der Waals surface area contributed by atoms with Crippen molar-refractivity contribution in [2.75, 3.05) is 18.0 Å². The van der Waals surface area contributed by atoms with E-state index in [2.05, 4.69) is 24.0 Å². The van der Waals surface area contributed by atoms with Gasteiger partial charge >= 0.3 is 0 Å². The fourth-order valence-corrected chi connectivity index (χ4v) is 4.24. The van der Waals surface area contributed by atoms with Gasteiger partial charge in [-0.2, -0.15) is 10.5 Å². The number of piperidine rings is 1. The second kappa shape index (κ2) is 8.00. The van der Waals surface area contributed by atoms with Gasteiger partial charge in [-0.3, -0.25) is 0 Å². The number of aromatic nitrogens is 1. The largest absolute Gasteiger partial charge is 0.355 e. The van der Waals surface area contributed by atoms with E-state index in [-0.39, 0.29) is 5.54 Å². The maximum atomic E-state index is 9.81. The van der Waals surface area contributed by atoms with E-state index < -0.39 is 0 Å². The van der Waals surface area contributed by atoms with Crippen molar-refractivity contribution in [2.24, 2.45) is 5.73 Å². The Balaban J connectivity index is 2.08. The van der Waals surface area contributed by atoms with Gasteiger partial charge in [-0.1, -0.05) is 36.9 Å². The van der Waals surface area contributed by atoms with Gasteiger partial charge in [-0.25, -0.2) is 4.98 Å². The number of nitrogens with two attached hydrogens (primary N) is 1. The SMILES string of the molecule is CCc1c(C#N)c(Sc2ccccc2)nc(N2CCC(C)(N)CC2)c1C#N. The lowest BCUT2D eigenvalue weighted by Crippen LogP contribution is -2.48. The highest BCUT2D eigenvalue weighted by molar-refractivity contribution is 7.99. The van der Waals surface area contributed by atoms with Crippen LogP contribution in [0.4, 0.5) is 5.82 Å². The molecule has 0 amide bonds. The maximum absolute atomic E-state index is 9.81. The molecular weight excluding hydrogens is 354 g/mol. The molecule has 0 saturated carbocycles. The predicted octanol–water partition coefficient (Wildman–Crippen LogP) is 3.86. The number of rotatable bonds is 4. The van der Waals surface area contributed by atoms with E-state index in [1.165, 1.54) is 11.8 Å². The van der Waals surface area contributed by atoms with E-state index in [4.69, 9.17) is 10.7 Å². The molecule has 2 N–H and O–H groups in total. The summed E-state index contributed by atoms with van der Waals surface area (Å²) in [5.41, 5.74) is 7.90. The Hall–Kier alpha value is -2.54. The van der Waals surface area contributed by atoms with Crippen LogP contribution in [-0.2, 0) is 6.42 Å². The molecule has 1 saturated heterocycles. The monoisotopic (exact) mass is 377 g/mol. The van der Waals surface area contributed by atoms with E-state index in [9.17, 15) is 10.5 Å². The zero-order valence-corrected chi connectivity index (χ0v) is 16.5. The Morgan fingerprint density at radius 3 is 2.33 bits per heavy atom. The van der Waals surface area contributed by atoms with Crippen LogP contribution in [-0.4, -0.2) is 23.6 Å². The average molecular weight is 378 g/mol. The summed E-state index contributed by atoms with van der Waals surface area (Å²) < 4.78 is 0. The minimum Gasteiger partial charge on any atom is -0.355 e. The van der Waals surface area contributed by atoms with Crippen molar-refractivity contribution in [1.82, 2.24) is 4.98 Å². The summed E-state index contributed by atoms with van der Waals surface area (Å²) in [6.07, 6.45) is 2.32. The Morgan fingerprint density at radius 1 is 1.15 bits per heavy atom. The molecule has 1 aliphatic rings. The molecule has 5 nitrogen and oxygen atoms in total. The van der Waals surface area contributed by atoms with Crippen molar-refractivity contribution >= 4 is 17.6 Å². The highest BCUT2D eigenvalue weighted by atomic mass is 32.2. The van der Waals surface area contributed by atoms with Crippen molar-refractivity contribution in [3.63, 3.8) is 0 Å². The molecule has 138 valence electrons. The fraction of sp³-hybridized carbons (Fsp3) is 0.381. The first kappa shape index (κ1) is 19.2. The van der Waals surface area contributed by atoms with Crippen molar-refractivity contribution in [1.29, 1.82) is 10.5 Å². The second-order valence-corrected chi connectivity index (χ2v) is 8.16. The van der Waals surface area contributed by atoms with Crippen LogP contribution >= 0.6 is 11.8 Å². The minimum atomic E-state index is -0.175. The maximum Gasteiger partial charge on any atom is 0.148 e. The molecule has 0 atom stereocenters. The number of hydrogen-bond acceptors (Lipinski definition) is 6. The molecule has 1 aliphatic heterocycles. The van der Waals surface area contributed by atoms with Gasteiger partial charge in [0.2, 0.25) is 0 Å². The molecule has 27 heavy (non-hydrogen) atoms. The van der Waals surface area contributed by atoms with Crippen LogP contribution in [0.3, 0.4) is 0 Å². The first-order valence-corrected chi connectivity index (χ1v) is 9.94. The lowest BCUT2D eigenvalue weighted by atomic mass is 9.90. The van der Waals surface area contributed by atoms with Crippen LogP contribution in [0.25, 0.3) is 0 Å².